The molecule has 0 atom stereocenters. The van der Waals surface area contributed by atoms with Crippen LogP contribution >= 0.6 is 11.6 Å². The minimum atomic E-state index is -0.336. The van der Waals surface area contributed by atoms with Crippen LogP contribution in [0.5, 0.6) is 0 Å². The van der Waals surface area contributed by atoms with Gasteiger partial charge in [0.15, 0.2) is 0 Å². The third kappa shape index (κ3) is 2.68. The third-order valence-electron chi connectivity index (χ3n) is 2.50. The van der Waals surface area contributed by atoms with Gasteiger partial charge in [0.25, 0.3) is 0 Å². The Kier molecular flexibility index (Phi) is 3.82. The van der Waals surface area contributed by atoms with E-state index in [0.29, 0.717) is 17.1 Å². The maximum Gasteiger partial charge on any atom is 0.132 e. The smallest absolute Gasteiger partial charge is 0.132 e. The van der Waals surface area contributed by atoms with Crippen LogP contribution in [0, 0.1) is 5.82 Å². The van der Waals surface area contributed by atoms with E-state index in [1.54, 1.807) is 24.5 Å². The highest BCUT2D eigenvalue weighted by atomic mass is 35.5. The second-order valence-electron chi connectivity index (χ2n) is 3.66. The summed E-state index contributed by atoms with van der Waals surface area (Å²) in [5.41, 5.74) is 1.27. The third-order valence-corrected chi connectivity index (χ3v) is 2.74. The van der Waals surface area contributed by atoms with Gasteiger partial charge in [-0.2, -0.15) is 0 Å². The lowest BCUT2D eigenvalue weighted by molar-refractivity contribution is 0.488. The Bertz CT molecular complexity index is 510. The van der Waals surface area contributed by atoms with Crippen molar-refractivity contribution in [1.82, 2.24) is 5.32 Å². The van der Waals surface area contributed by atoms with Crippen LogP contribution in [-0.2, 0) is 6.54 Å². The van der Waals surface area contributed by atoms with Crippen molar-refractivity contribution in [3.8, 4) is 11.1 Å². The average Bonchev–Trinajstić information content (AvgIpc) is 2.74. The first kappa shape index (κ1) is 12.1. The Morgan fingerprint density at radius 3 is 2.82 bits per heavy atom. The molecule has 0 bridgehead atoms. The molecular formula is C13H13ClFNO. The van der Waals surface area contributed by atoms with Crippen LogP contribution in [0.4, 0.5) is 4.39 Å². The number of nitrogens with one attached hydrogen (secondary N) is 1. The van der Waals surface area contributed by atoms with Crippen molar-refractivity contribution in [3.05, 3.63) is 47.1 Å². The SMILES string of the molecule is CCNCc1occc1-c1ccc(Cl)cc1F. The molecule has 2 rings (SSSR count). The molecule has 0 aliphatic carbocycles. The van der Waals surface area contributed by atoms with Gasteiger partial charge in [-0.3, -0.25) is 0 Å². The van der Waals surface area contributed by atoms with Crippen LogP contribution in [0.1, 0.15) is 12.7 Å². The van der Waals surface area contributed by atoms with Gasteiger partial charge in [0, 0.05) is 16.1 Å². The summed E-state index contributed by atoms with van der Waals surface area (Å²) in [6.45, 7) is 3.43. The standard InChI is InChI=1S/C13H13ClFNO/c1-2-16-8-13-11(5-6-17-13)10-4-3-9(14)7-12(10)15/h3-7,16H,2,8H2,1H3. The molecule has 1 heterocycles. The van der Waals surface area contributed by atoms with Crippen LogP contribution in [-0.4, -0.2) is 6.54 Å². The van der Waals surface area contributed by atoms with Gasteiger partial charge in [0.2, 0.25) is 0 Å². The van der Waals surface area contributed by atoms with Gasteiger partial charge in [-0.15, -0.1) is 0 Å². The lowest BCUT2D eigenvalue weighted by Crippen LogP contribution is -2.11. The van der Waals surface area contributed by atoms with E-state index in [1.807, 2.05) is 6.92 Å². The summed E-state index contributed by atoms with van der Waals surface area (Å²) in [5.74, 6) is 0.393. The number of hydrogen-bond donors (Lipinski definition) is 1. The van der Waals surface area contributed by atoms with E-state index in [1.165, 1.54) is 6.07 Å². The minimum absolute atomic E-state index is 0.336. The summed E-state index contributed by atoms with van der Waals surface area (Å²) >= 11 is 5.73. The van der Waals surface area contributed by atoms with Gasteiger partial charge in [0.05, 0.1) is 12.8 Å². The first-order valence-electron chi connectivity index (χ1n) is 5.45. The normalized spacial score (nSPS) is 10.8. The zero-order valence-corrected chi connectivity index (χ0v) is 10.2. The number of benzene rings is 1. The maximum atomic E-state index is 13.8. The van der Waals surface area contributed by atoms with E-state index in [0.717, 1.165) is 17.9 Å². The minimum Gasteiger partial charge on any atom is -0.467 e. The molecule has 0 fully saturated rings. The highest BCUT2D eigenvalue weighted by molar-refractivity contribution is 6.30. The molecule has 0 saturated heterocycles. The van der Waals surface area contributed by atoms with Gasteiger partial charge in [-0.1, -0.05) is 18.5 Å². The molecule has 2 aromatic rings. The molecule has 0 spiro atoms. The first-order valence-corrected chi connectivity index (χ1v) is 5.82. The van der Waals surface area contributed by atoms with Crippen molar-refractivity contribution in [2.45, 2.75) is 13.5 Å². The Hall–Kier alpha value is -1.32. The van der Waals surface area contributed by atoms with Crippen molar-refractivity contribution in [2.24, 2.45) is 0 Å². The molecule has 0 amide bonds. The quantitative estimate of drug-likeness (QED) is 0.895. The number of rotatable bonds is 4. The summed E-state index contributed by atoms with van der Waals surface area (Å²) in [6.07, 6.45) is 1.57. The molecular weight excluding hydrogens is 241 g/mol. The van der Waals surface area contributed by atoms with Gasteiger partial charge >= 0.3 is 0 Å². The molecule has 0 unspecified atom stereocenters. The summed E-state index contributed by atoms with van der Waals surface area (Å²) in [6, 6.07) is 6.40. The lowest BCUT2D eigenvalue weighted by Gasteiger charge is -2.05. The molecule has 0 aliphatic rings. The molecule has 1 aromatic carbocycles. The lowest BCUT2D eigenvalue weighted by atomic mass is 10.1. The first-order chi connectivity index (χ1) is 8.22. The van der Waals surface area contributed by atoms with Crippen LogP contribution in [0.25, 0.3) is 11.1 Å². The van der Waals surface area contributed by atoms with Gasteiger partial charge < -0.3 is 9.73 Å². The van der Waals surface area contributed by atoms with Crippen molar-refractivity contribution in [1.29, 1.82) is 0 Å². The fraction of sp³-hybridized carbons (Fsp3) is 0.231. The summed E-state index contributed by atoms with van der Waals surface area (Å²) in [7, 11) is 0. The van der Waals surface area contributed by atoms with E-state index in [4.69, 9.17) is 16.0 Å². The van der Waals surface area contributed by atoms with Gasteiger partial charge in [-0.25, -0.2) is 4.39 Å². The summed E-state index contributed by atoms with van der Waals surface area (Å²) in [4.78, 5) is 0. The maximum absolute atomic E-state index is 13.8. The van der Waals surface area contributed by atoms with Gasteiger partial charge in [-0.05, 0) is 30.8 Å². The van der Waals surface area contributed by atoms with Crippen LogP contribution < -0.4 is 5.32 Å². The van der Waals surface area contributed by atoms with E-state index < -0.39 is 0 Å². The number of hydrogen-bond acceptors (Lipinski definition) is 2. The molecule has 1 N–H and O–H groups in total. The zero-order valence-electron chi connectivity index (χ0n) is 9.47. The Labute approximate surface area is 104 Å². The van der Waals surface area contributed by atoms with Crippen molar-refractivity contribution in [3.63, 3.8) is 0 Å². The number of furan rings is 1. The molecule has 4 heteroatoms. The predicted molar refractivity (Wildman–Crippen MR) is 66.5 cm³/mol. The van der Waals surface area contributed by atoms with Crippen molar-refractivity contribution in [2.75, 3.05) is 6.54 Å². The fourth-order valence-corrected chi connectivity index (χ4v) is 1.82. The highest BCUT2D eigenvalue weighted by Crippen LogP contribution is 2.29. The van der Waals surface area contributed by atoms with E-state index >= 15 is 0 Å². The predicted octanol–water partition coefficient (Wildman–Crippen LogP) is 3.85. The molecule has 0 aliphatic heterocycles. The second-order valence-corrected chi connectivity index (χ2v) is 4.10. The largest absolute Gasteiger partial charge is 0.467 e. The Balaban J connectivity index is 2.35. The summed E-state index contributed by atoms with van der Waals surface area (Å²) < 4.78 is 19.1. The molecule has 1 aromatic heterocycles. The van der Waals surface area contributed by atoms with E-state index in [-0.39, 0.29) is 5.82 Å². The van der Waals surface area contributed by atoms with Crippen LogP contribution in [0.15, 0.2) is 34.9 Å². The fourth-order valence-electron chi connectivity index (χ4n) is 1.66. The Morgan fingerprint density at radius 2 is 2.12 bits per heavy atom. The summed E-state index contributed by atoms with van der Waals surface area (Å²) in [5, 5.41) is 3.54. The average molecular weight is 254 g/mol. The molecule has 17 heavy (non-hydrogen) atoms. The highest BCUT2D eigenvalue weighted by Gasteiger charge is 2.12. The molecule has 2 nitrogen and oxygen atoms in total. The van der Waals surface area contributed by atoms with E-state index in [2.05, 4.69) is 5.32 Å². The van der Waals surface area contributed by atoms with Crippen molar-refractivity contribution >= 4 is 11.6 Å². The molecule has 0 saturated carbocycles. The number of halogens is 2. The van der Waals surface area contributed by atoms with Crippen molar-refractivity contribution < 1.29 is 8.81 Å². The zero-order chi connectivity index (χ0) is 12.3. The molecule has 90 valence electrons. The topological polar surface area (TPSA) is 25.2 Å². The second kappa shape index (κ2) is 5.34. The Morgan fingerprint density at radius 1 is 1.29 bits per heavy atom. The monoisotopic (exact) mass is 253 g/mol. The van der Waals surface area contributed by atoms with Gasteiger partial charge in [0.1, 0.15) is 11.6 Å². The van der Waals surface area contributed by atoms with Crippen LogP contribution in [0.3, 0.4) is 0 Å². The van der Waals surface area contributed by atoms with Crippen LogP contribution in [0.2, 0.25) is 5.02 Å². The van der Waals surface area contributed by atoms with E-state index in [9.17, 15) is 4.39 Å². The molecule has 0 radical (unpaired) electrons.